The molecule has 0 spiro atoms. The summed E-state index contributed by atoms with van der Waals surface area (Å²) in [6.45, 7) is 0. The Hall–Kier alpha value is -0.670. The largest absolute Gasteiger partial charge is 0.379 e. The van der Waals surface area contributed by atoms with Crippen LogP contribution >= 0.6 is 23.4 Å². The number of amidine groups is 1. The van der Waals surface area contributed by atoms with E-state index in [0.717, 1.165) is 16.3 Å². The fraction of sp³-hybridized carbons (Fsp3) is 0.462. The van der Waals surface area contributed by atoms with Crippen LogP contribution in [0.2, 0.25) is 5.02 Å². The summed E-state index contributed by atoms with van der Waals surface area (Å²) in [6, 6.07) is 8.31. The second-order valence-electron chi connectivity index (χ2n) is 4.29. The summed E-state index contributed by atoms with van der Waals surface area (Å²) in [5, 5.41) is 1.49. The normalized spacial score (nSPS) is 17.6. The zero-order chi connectivity index (χ0) is 12.1. The third-order valence-electron chi connectivity index (χ3n) is 2.97. The minimum Gasteiger partial charge on any atom is -0.379 e. The van der Waals surface area contributed by atoms with Gasteiger partial charge < -0.3 is 5.73 Å². The molecule has 0 atom stereocenters. The monoisotopic (exact) mass is 268 g/mol. The predicted octanol–water partition coefficient (Wildman–Crippen LogP) is 3.83. The second kappa shape index (κ2) is 6.31. The van der Waals surface area contributed by atoms with Gasteiger partial charge in [-0.1, -0.05) is 54.4 Å². The molecule has 1 aromatic carbocycles. The molecule has 0 bridgehead atoms. The highest BCUT2D eigenvalue weighted by atomic mass is 35.5. The van der Waals surface area contributed by atoms with Gasteiger partial charge in [0.1, 0.15) is 0 Å². The van der Waals surface area contributed by atoms with Crippen molar-refractivity contribution < 1.29 is 0 Å². The highest BCUT2D eigenvalue weighted by Crippen LogP contribution is 2.24. The van der Waals surface area contributed by atoms with Crippen molar-refractivity contribution >= 4 is 28.5 Å². The molecule has 2 rings (SSSR count). The van der Waals surface area contributed by atoms with E-state index in [1.807, 2.05) is 24.3 Å². The Kier molecular flexibility index (Phi) is 4.75. The Morgan fingerprint density at radius 2 is 2.06 bits per heavy atom. The number of rotatable bonds is 3. The molecule has 92 valence electrons. The lowest BCUT2D eigenvalue weighted by atomic mass is 10.2. The average molecular weight is 269 g/mol. The molecule has 4 heteroatoms. The maximum Gasteiger partial charge on any atom is 0.154 e. The quantitative estimate of drug-likeness (QED) is 0.668. The lowest BCUT2D eigenvalue weighted by molar-refractivity contribution is 0.708. The van der Waals surface area contributed by atoms with Crippen molar-refractivity contribution in [1.82, 2.24) is 0 Å². The van der Waals surface area contributed by atoms with Crippen LogP contribution in [0.15, 0.2) is 29.3 Å². The number of benzene rings is 1. The van der Waals surface area contributed by atoms with Crippen molar-refractivity contribution in [3.8, 4) is 0 Å². The number of halogens is 1. The summed E-state index contributed by atoms with van der Waals surface area (Å²) in [7, 11) is 0. The zero-order valence-electron chi connectivity index (χ0n) is 9.73. The fourth-order valence-corrected chi connectivity index (χ4v) is 3.08. The highest BCUT2D eigenvalue weighted by molar-refractivity contribution is 8.13. The van der Waals surface area contributed by atoms with Gasteiger partial charge in [0.2, 0.25) is 0 Å². The summed E-state index contributed by atoms with van der Waals surface area (Å²) in [5.74, 6) is 0.793. The smallest absolute Gasteiger partial charge is 0.154 e. The molecule has 1 aromatic rings. The van der Waals surface area contributed by atoms with Gasteiger partial charge in [-0.25, -0.2) is 0 Å². The fourth-order valence-electron chi connectivity index (χ4n) is 2.02. The lowest BCUT2D eigenvalue weighted by Crippen LogP contribution is -2.11. The molecule has 17 heavy (non-hydrogen) atoms. The molecule has 1 aliphatic carbocycles. The molecule has 0 radical (unpaired) electrons. The van der Waals surface area contributed by atoms with E-state index < -0.39 is 0 Å². The van der Waals surface area contributed by atoms with Crippen molar-refractivity contribution in [2.75, 3.05) is 0 Å². The summed E-state index contributed by atoms with van der Waals surface area (Å²) in [4.78, 5) is 4.54. The van der Waals surface area contributed by atoms with Gasteiger partial charge in [0.25, 0.3) is 0 Å². The van der Waals surface area contributed by atoms with Crippen molar-refractivity contribution in [1.29, 1.82) is 0 Å². The molecule has 0 heterocycles. The van der Waals surface area contributed by atoms with Crippen LogP contribution in [0, 0.1) is 0 Å². The summed E-state index contributed by atoms with van der Waals surface area (Å²) in [5.41, 5.74) is 7.04. The predicted molar refractivity (Wildman–Crippen MR) is 76.6 cm³/mol. The molecule has 0 amide bonds. The standard InChI is InChI=1S/C13H17ClN2S/c14-12-8-4-1-5-10(12)9-17-13(15)16-11-6-2-3-7-11/h1,4-5,8,11H,2-3,6-7,9H2,(H2,15,16). The summed E-state index contributed by atoms with van der Waals surface area (Å²) >= 11 is 7.66. The Balaban J connectivity index is 1.87. The van der Waals surface area contributed by atoms with Crippen LogP contribution < -0.4 is 5.73 Å². The Bertz CT molecular complexity index is 400. The van der Waals surface area contributed by atoms with Crippen molar-refractivity contribution in [2.45, 2.75) is 37.5 Å². The molecule has 0 unspecified atom stereocenters. The molecule has 2 nitrogen and oxygen atoms in total. The minimum absolute atomic E-state index is 0.453. The van der Waals surface area contributed by atoms with Gasteiger partial charge in [-0.15, -0.1) is 0 Å². The SMILES string of the molecule is NC(=NC1CCCC1)SCc1ccccc1Cl. The van der Waals surface area contributed by atoms with Crippen LogP contribution in [0.5, 0.6) is 0 Å². The van der Waals surface area contributed by atoms with E-state index in [2.05, 4.69) is 4.99 Å². The van der Waals surface area contributed by atoms with Crippen LogP contribution in [-0.4, -0.2) is 11.2 Å². The van der Waals surface area contributed by atoms with Gasteiger partial charge in [0.15, 0.2) is 5.17 Å². The number of thioether (sulfide) groups is 1. The number of nitrogens with two attached hydrogens (primary N) is 1. The van der Waals surface area contributed by atoms with E-state index in [9.17, 15) is 0 Å². The van der Waals surface area contributed by atoms with Crippen molar-refractivity contribution in [3.63, 3.8) is 0 Å². The maximum atomic E-state index is 6.08. The lowest BCUT2D eigenvalue weighted by Gasteiger charge is -2.06. The van der Waals surface area contributed by atoms with Gasteiger partial charge in [0.05, 0.1) is 6.04 Å². The molecular formula is C13H17ClN2S. The van der Waals surface area contributed by atoms with E-state index in [-0.39, 0.29) is 0 Å². The number of hydrogen-bond donors (Lipinski definition) is 1. The Morgan fingerprint density at radius 1 is 1.35 bits per heavy atom. The van der Waals surface area contributed by atoms with Crippen molar-refractivity contribution in [2.24, 2.45) is 10.7 Å². The molecule has 1 fully saturated rings. The topological polar surface area (TPSA) is 38.4 Å². The van der Waals surface area contributed by atoms with Crippen LogP contribution in [0.4, 0.5) is 0 Å². The van der Waals surface area contributed by atoms with Crippen LogP contribution in [-0.2, 0) is 5.75 Å². The molecule has 0 aliphatic heterocycles. The molecular weight excluding hydrogens is 252 g/mol. The number of aliphatic imine (C=N–C) groups is 1. The Labute approximate surface area is 112 Å². The number of hydrogen-bond acceptors (Lipinski definition) is 2. The van der Waals surface area contributed by atoms with Crippen LogP contribution in [0.3, 0.4) is 0 Å². The van der Waals surface area contributed by atoms with E-state index in [1.165, 1.54) is 25.7 Å². The van der Waals surface area contributed by atoms with E-state index in [1.54, 1.807) is 11.8 Å². The van der Waals surface area contributed by atoms with Gasteiger partial charge >= 0.3 is 0 Å². The minimum atomic E-state index is 0.453. The molecule has 2 N–H and O–H groups in total. The Morgan fingerprint density at radius 3 is 2.76 bits per heavy atom. The van der Waals surface area contributed by atoms with Gasteiger partial charge in [0, 0.05) is 10.8 Å². The first-order valence-corrected chi connectivity index (χ1v) is 7.31. The molecule has 0 saturated heterocycles. The zero-order valence-corrected chi connectivity index (χ0v) is 11.3. The summed E-state index contributed by atoms with van der Waals surface area (Å²) in [6.07, 6.45) is 4.95. The van der Waals surface area contributed by atoms with E-state index in [4.69, 9.17) is 17.3 Å². The van der Waals surface area contributed by atoms with E-state index >= 15 is 0 Å². The summed E-state index contributed by atoms with van der Waals surface area (Å²) < 4.78 is 0. The molecule has 1 aliphatic rings. The third kappa shape index (κ3) is 3.93. The van der Waals surface area contributed by atoms with Gasteiger partial charge in [-0.05, 0) is 24.5 Å². The highest BCUT2D eigenvalue weighted by Gasteiger charge is 2.14. The average Bonchev–Trinajstić information content (AvgIpc) is 2.81. The first-order valence-electron chi connectivity index (χ1n) is 5.95. The van der Waals surface area contributed by atoms with Gasteiger partial charge in [-0.3, -0.25) is 4.99 Å². The second-order valence-corrected chi connectivity index (χ2v) is 5.69. The first-order chi connectivity index (χ1) is 8.25. The maximum absolute atomic E-state index is 6.08. The van der Waals surface area contributed by atoms with Crippen molar-refractivity contribution in [3.05, 3.63) is 34.9 Å². The van der Waals surface area contributed by atoms with Gasteiger partial charge in [-0.2, -0.15) is 0 Å². The van der Waals surface area contributed by atoms with Crippen LogP contribution in [0.25, 0.3) is 0 Å². The molecule has 0 aromatic heterocycles. The number of nitrogens with zero attached hydrogens (tertiary/aromatic N) is 1. The molecule has 1 saturated carbocycles. The first kappa shape index (κ1) is 12.8. The third-order valence-corrected chi connectivity index (χ3v) is 4.19. The van der Waals surface area contributed by atoms with Crippen LogP contribution in [0.1, 0.15) is 31.2 Å². The van der Waals surface area contributed by atoms with E-state index in [0.29, 0.717) is 11.2 Å².